The Balaban J connectivity index is 1.69. The lowest BCUT2D eigenvalue weighted by molar-refractivity contribution is 0.0820. The first-order chi connectivity index (χ1) is 10.1. The summed E-state index contributed by atoms with van der Waals surface area (Å²) in [5.74, 6) is 0.688. The molecule has 2 rings (SSSR count). The van der Waals surface area contributed by atoms with Crippen molar-refractivity contribution in [3.63, 3.8) is 0 Å². The zero-order valence-corrected chi connectivity index (χ0v) is 12.9. The summed E-state index contributed by atoms with van der Waals surface area (Å²) >= 11 is 5.80. The number of aliphatic hydroxyl groups excluding tert-OH is 2. The van der Waals surface area contributed by atoms with Crippen molar-refractivity contribution in [3.8, 4) is 5.75 Å². The van der Waals surface area contributed by atoms with Crippen molar-refractivity contribution < 1.29 is 14.9 Å². The van der Waals surface area contributed by atoms with E-state index in [0.717, 1.165) is 25.7 Å². The first-order valence-electron chi connectivity index (χ1n) is 7.63. The van der Waals surface area contributed by atoms with Gasteiger partial charge in [0, 0.05) is 17.6 Å². The van der Waals surface area contributed by atoms with Crippen molar-refractivity contribution in [2.24, 2.45) is 0 Å². The molecule has 1 aromatic carbocycles. The van der Waals surface area contributed by atoms with E-state index in [-0.39, 0.29) is 18.8 Å². The molecule has 3 unspecified atom stereocenters. The Labute approximate surface area is 131 Å². The van der Waals surface area contributed by atoms with Gasteiger partial charge in [0.1, 0.15) is 18.5 Å². The number of hydrogen-bond donors (Lipinski definition) is 3. The van der Waals surface area contributed by atoms with Crippen LogP contribution in [0.5, 0.6) is 5.75 Å². The van der Waals surface area contributed by atoms with E-state index in [4.69, 9.17) is 16.3 Å². The zero-order chi connectivity index (χ0) is 15.1. The molecule has 118 valence electrons. The van der Waals surface area contributed by atoms with Crippen molar-refractivity contribution in [1.82, 2.24) is 5.32 Å². The highest BCUT2D eigenvalue weighted by Gasteiger charge is 2.21. The molecule has 21 heavy (non-hydrogen) atoms. The van der Waals surface area contributed by atoms with Gasteiger partial charge < -0.3 is 20.3 Å². The molecule has 5 heteroatoms. The zero-order valence-electron chi connectivity index (χ0n) is 12.2. The highest BCUT2D eigenvalue weighted by atomic mass is 35.5. The molecule has 1 fully saturated rings. The van der Waals surface area contributed by atoms with E-state index in [9.17, 15) is 10.2 Å². The molecular formula is C16H24ClNO3. The summed E-state index contributed by atoms with van der Waals surface area (Å²) in [4.78, 5) is 0. The van der Waals surface area contributed by atoms with Gasteiger partial charge in [-0.3, -0.25) is 0 Å². The summed E-state index contributed by atoms with van der Waals surface area (Å²) in [6.45, 7) is 0.646. The largest absolute Gasteiger partial charge is 0.491 e. The normalized spacial score (nSPS) is 24.3. The van der Waals surface area contributed by atoms with Crippen LogP contribution in [-0.4, -0.2) is 41.6 Å². The molecule has 4 nitrogen and oxygen atoms in total. The predicted octanol–water partition coefficient (Wildman–Crippen LogP) is 2.36. The van der Waals surface area contributed by atoms with E-state index in [1.165, 1.54) is 6.42 Å². The van der Waals surface area contributed by atoms with Gasteiger partial charge in [-0.05, 0) is 37.1 Å². The molecule has 0 spiro atoms. The maximum absolute atomic E-state index is 10.0. The minimum atomic E-state index is -0.601. The number of hydrogen-bond acceptors (Lipinski definition) is 4. The lowest BCUT2D eigenvalue weighted by Gasteiger charge is -2.23. The Morgan fingerprint density at radius 3 is 2.67 bits per heavy atom. The topological polar surface area (TPSA) is 61.7 Å². The standard InChI is InChI=1S/C16H24ClNO3/c17-12-6-8-14(9-7-12)21-11-13(19)10-18-15-4-2-1-3-5-16(15)20/h6-9,13,15-16,18-20H,1-5,10-11H2. The monoisotopic (exact) mass is 313 g/mol. The van der Waals surface area contributed by atoms with E-state index < -0.39 is 6.10 Å². The molecule has 0 aliphatic heterocycles. The molecule has 0 heterocycles. The van der Waals surface area contributed by atoms with Crippen molar-refractivity contribution >= 4 is 11.6 Å². The van der Waals surface area contributed by atoms with Crippen LogP contribution >= 0.6 is 11.6 Å². The Kier molecular flexibility index (Phi) is 6.77. The highest BCUT2D eigenvalue weighted by molar-refractivity contribution is 6.30. The summed E-state index contributed by atoms with van der Waals surface area (Å²) in [6.07, 6.45) is 4.29. The van der Waals surface area contributed by atoms with E-state index in [0.29, 0.717) is 17.3 Å². The molecule has 1 aliphatic rings. The second kappa shape index (κ2) is 8.59. The first-order valence-corrected chi connectivity index (χ1v) is 8.01. The quantitative estimate of drug-likeness (QED) is 0.706. The summed E-state index contributed by atoms with van der Waals surface area (Å²) in [7, 11) is 0. The van der Waals surface area contributed by atoms with Gasteiger partial charge in [-0.15, -0.1) is 0 Å². The lowest BCUT2D eigenvalue weighted by Crippen LogP contribution is -2.43. The Hall–Kier alpha value is -0.810. The van der Waals surface area contributed by atoms with Crippen LogP contribution in [0.4, 0.5) is 0 Å². The van der Waals surface area contributed by atoms with Crippen molar-refractivity contribution in [2.45, 2.75) is 50.4 Å². The summed E-state index contributed by atoms with van der Waals surface area (Å²) in [5, 5.41) is 23.9. The van der Waals surface area contributed by atoms with Crippen LogP contribution in [0.1, 0.15) is 32.1 Å². The maximum atomic E-state index is 10.0. The van der Waals surface area contributed by atoms with Crippen LogP contribution in [0.2, 0.25) is 5.02 Å². The second-order valence-electron chi connectivity index (χ2n) is 5.64. The highest BCUT2D eigenvalue weighted by Crippen LogP contribution is 2.18. The maximum Gasteiger partial charge on any atom is 0.119 e. The van der Waals surface area contributed by atoms with Crippen LogP contribution < -0.4 is 10.1 Å². The molecule has 0 saturated heterocycles. The molecule has 0 aromatic heterocycles. The molecule has 1 aliphatic carbocycles. The molecule has 3 N–H and O–H groups in total. The van der Waals surface area contributed by atoms with Gasteiger partial charge in [0.15, 0.2) is 0 Å². The second-order valence-corrected chi connectivity index (χ2v) is 6.08. The van der Waals surface area contributed by atoms with Gasteiger partial charge in [-0.25, -0.2) is 0 Å². The number of benzene rings is 1. The fourth-order valence-electron chi connectivity index (χ4n) is 2.60. The predicted molar refractivity (Wildman–Crippen MR) is 83.8 cm³/mol. The van der Waals surface area contributed by atoms with Crippen molar-refractivity contribution in [1.29, 1.82) is 0 Å². The van der Waals surface area contributed by atoms with Crippen LogP contribution in [0.25, 0.3) is 0 Å². The molecular weight excluding hydrogens is 290 g/mol. The van der Waals surface area contributed by atoms with E-state index >= 15 is 0 Å². The van der Waals surface area contributed by atoms with Gasteiger partial charge in [-0.1, -0.05) is 30.9 Å². The van der Waals surface area contributed by atoms with Gasteiger partial charge in [0.05, 0.1) is 6.10 Å². The third kappa shape index (κ3) is 5.83. The number of ether oxygens (including phenoxy) is 1. The Morgan fingerprint density at radius 2 is 1.90 bits per heavy atom. The minimum absolute atomic E-state index is 0.0812. The lowest BCUT2D eigenvalue weighted by atomic mass is 10.1. The van der Waals surface area contributed by atoms with Crippen molar-refractivity contribution in [2.75, 3.05) is 13.2 Å². The third-order valence-electron chi connectivity index (χ3n) is 3.85. The van der Waals surface area contributed by atoms with Crippen LogP contribution in [0.3, 0.4) is 0 Å². The number of nitrogens with one attached hydrogen (secondary N) is 1. The van der Waals surface area contributed by atoms with Gasteiger partial charge in [0.2, 0.25) is 0 Å². The smallest absolute Gasteiger partial charge is 0.119 e. The Morgan fingerprint density at radius 1 is 1.19 bits per heavy atom. The number of rotatable bonds is 6. The molecule has 0 amide bonds. The van der Waals surface area contributed by atoms with Gasteiger partial charge in [-0.2, -0.15) is 0 Å². The van der Waals surface area contributed by atoms with Crippen molar-refractivity contribution in [3.05, 3.63) is 29.3 Å². The van der Waals surface area contributed by atoms with Gasteiger partial charge >= 0.3 is 0 Å². The molecule has 3 atom stereocenters. The minimum Gasteiger partial charge on any atom is -0.491 e. The van der Waals surface area contributed by atoms with Crippen LogP contribution in [0, 0.1) is 0 Å². The fourth-order valence-corrected chi connectivity index (χ4v) is 2.72. The first kappa shape index (κ1) is 16.6. The number of halogens is 1. The van der Waals surface area contributed by atoms with E-state index in [1.54, 1.807) is 24.3 Å². The van der Waals surface area contributed by atoms with Crippen LogP contribution in [0.15, 0.2) is 24.3 Å². The molecule has 0 radical (unpaired) electrons. The van der Waals surface area contributed by atoms with E-state index in [1.807, 2.05) is 0 Å². The molecule has 1 aromatic rings. The summed E-state index contributed by atoms with van der Waals surface area (Å²) < 4.78 is 5.50. The van der Waals surface area contributed by atoms with Crippen LogP contribution in [-0.2, 0) is 0 Å². The Bertz CT molecular complexity index is 412. The molecule has 1 saturated carbocycles. The molecule has 0 bridgehead atoms. The number of aliphatic hydroxyl groups is 2. The van der Waals surface area contributed by atoms with E-state index in [2.05, 4.69) is 5.32 Å². The fraction of sp³-hybridized carbons (Fsp3) is 0.625. The summed E-state index contributed by atoms with van der Waals surface area (Å²) in [6, 6.07) is 7.14. The average molecular weight is 314 g/mol. The third-order valence-corrected chi connectivity index (χ3v) is 4.10. The summed E-state index contributed by atoms with van der Waals surface area (Å²) in [5.41, 5.74) is 0. The SMILES string of the molecule is OC(CNC1CCCCCC1O)COc1ccc(Cl)cc1. The average Bonchev–Trinajstić information content (AvgIpc) is 2.69. The van der Waals surface area contributed by atoms with Gasteiger partial charge in [0.25, 0.3) is 0 Å².